The van der Waals surface area contributed by atoms with Crippen LogP contribution >= 0.6 is 11.3 Å². The summed E-state index contributed by atoms with van der Waals surface area (Å²) in [4.78, 5) is 1.33. The smallest absolute Gasteiger partial charge is 0.244 e. The lowest BCUT2D eigenvalue weighted by molar-refractivity contribution is 0.0265. The lowest BCUT2D eigenvalue weighted by Crippen LogP contribution is -2.43. The summed E-state index contributed by atoms with van der Waals surface area (Å²) in [6.45, 7) is 7.07. The second-order valence-electron chi connectivity index (χ2n) is 5.07. The zero-order valence-corrected chi connectivity index (χ0v) is 14.3. The zero-order chi connectivity index (χ0) is 15.3. The Kier molecular flexibility index (Phi) is 6.19. The van der Waals surface area contributed by atoms with Gasteiger partial charge >= 0.3 is 0 Å². The fraction of sp³-hybridized carbons (Fsp3) is 0.714. The van der Waals surface area contributed by atoms with Crippen molar-refractivity contribution in [3.05, 3.63) is 16.3 Å². The summed E-state index contributed by atoms with van der Waals surface area (Å²) < 4.78 is 32.8. The first-order valence-electron chi connectivity index (χ1n) is 7.48. The number of rotatable bonds is 7. The Balaban J connectivity index is 2.15. The molecule has 0 amide bonds. The van der Waals surface area contributed by atoms with Crippen molar-refractivity contribution >= 4 is 21.4 Å². The van der Waals surface area contributed by atoms with Crippen molar-refractivity contribution in [2.45, 2.75) is 44.2 Å². The van der Waals surface area contributed by atoms with E-state index in [4.69, 9.17) is 4.74 Å². The predicted octanol–water partition coefficient (Wildman–Crippen LogP) is 2.05. The van der Waals surface area contributed by atoms with Crippen molar-refractivity contribution in [3.8, 4) is 0 Å². The van der Waals surface area contributed by atoms with E-state index in [0.29, 0.717) is 31.1 Å². The molecule has 0 bridgehead atoms. The Labute approximate surface area is 131 Å². The molecule has 5 nitrogen and oxygen atoms in total. The first-order valence-corrected chi connectivity index (χ1v) is 9.80. The first-order chi connectivity index (χ1) is 10.1. The maximum Gasteiger partial charge on any atom is 0.244 e. The molecule has 0 saturated carbocycles. The first kappa shape index (κ1) is 16.9. The van der Waals surface area contributed by atoms with E-state index in [0.717, 1.165) is 24.3 Å². The van der Waals surface area contributed by atoms with E-state index >= 15 is 0 Å². The summed E-state index contributed by atoms with van der Waals surface area (Å²) in [7, 11) is -3.41. The third kappa shape index (κ3) is 4.04. The number of sulfonamides is 1. The van der Waals surface area contributed by atoms with Gasteiger partial charge in [-0.15, -0.1) is 11.3 Å². The molecule has 1 unspecified atom stereocenters. The molecule has 21 heavy (non-hydrogen) atoms. The summed E-state index contributed by atoms with van der Waals surface area (Å²) >= 11 is 1.49. The molecule has 1 aliphatic heterocycles. The van der Waals surface area contributed by atoms with E-state index in [9.17, 15) is 8.42 Å². The second kappa shape index (κ2) is 7.69. The predicted molar refractivity (Wildman–Crippen MR) is 85.1 cm³/mol. The monoisotopic (exact) mass is 332 g/mol. The van der Waals surface area contributed by atoms with Crippen LogP contribution in [0.1, 0.15) is 31.6 Å². The third-order valence-electron chi connectivity index (χ3n) is 3.60. The summed E-state index contributed by atoms with van der Waals surface area (Å²) in [6.07, 6.45) is 1.82. The van der Waals surface area contributed by atoms with Crippen molar-refractivity contribution in [2.24, 2.45) is 0 Å². The van der Waals surface area contributed by atoms with Crippen molar-refractivity contribution in [3.63, 3.8) is 0 Å². The quantitative estimate of drug-likeness (QED) is 0.830. The molecule has 0 aliphatic carbocycles. The van der Waals surface area contributed by atoms with Crippen LogP contribution in [-0.4, -0.2) is 45.1 Å². The molecule has 1 saturated heterocycles. The van der Waals surface area contributed by atoms with Gasteiger partial charge < -0.3 is 10.1 Å². The number of piperidine rings is 1. The average Bonchev–Trinajstić information content (AvgIpc) is 2.95. The molecule has 0 radical (unpaired) electrons. The SMILES string of the molecule is CCNCc1sccc1S(=O)(=O)N1CCCC(OCC)C1. The van der Waals surface area contributed by atoms with E-state index in [-0.39, 0.29) is 6.10 Å². The lowest BCUT2D eigenvalue weighted by atomic mass is 10.1. The molecule has 0 spiro atoms. The Morgan fingerprint density at radius 2 is 2.29 bits per heavy atom. The van der Waals surface area contributed by atoms with Gasteiger partial charge in [0.25, 0.3) is 0 Å². The van der Waals surface area contributed by atoms with Gasteiger partial charge in [-0.2, -0.15) is 4.31 Å². The van der Waals surface area contributed by atoms with Gasteiger partial charge in [-0.1, -0.05) is 6.92 Å². The molecule has 120 valence electrons. The Hall–Kier alpha value is -0.470. The van der Waals surface area contributed by atoms with Crippen LogP contribution in [-0.2, 0) is 21.3 Å². The van der Waals surface area contributed by atoms with Crippen molar-refractivity contribution in [2.75, 3.05) is 26.2 Å². The maximum atomic E-state index is 12.8. The largest absolute Gasteiger partial charge is 0.377 e. The second-order valence-corrected chi connectivity index (χ2v) is 7.98. The van der Waals surface area contributed by atoms with Gasteiger partial charge in [0.15, 0.2) is 0 Å². The van der Waals surface area contributed by atoms with Crippen LogP contribution in [0.15, 0.2) is 16.3 Å². The van der Waals surface area contributed by atoms with Gasteiger partial charge in [-0.25, -0.2) is 8.42 Å². The average molecular weight is 332 g/mol. The van der Waals surface area contributed by atoms with Crippen LogP contribution in [0.2, 0.25) is 0 Å². The maximum absolute atomic E-state index is 12.8. The minimum atomic E-state index is -3.41. The highest BCUT2D eigenvalue weighted by atomic mass is 32.2. The Morgan fingerprint density at radius 1 is 1.48 bits per heavy atom. The standard InChI is InChI=1S/C14H24N2O3S2/c1-3-15-10-13-14(7-9-20-13)21(17,18)16-8-5-6-12(11-16)19-4-2/h7,9,12,15H,3-6,8,10-11H2,1-2H3. The highest BCUT2D eigenvalue weighted by Crippen LogP contribution is 2.27. The van der Waals surface area contributed by atoms with E-state index in [2.05, 4.69) is 5.32 Å². The number of ether oxygens (including phenoxy) is 1. The van der Waals surface area contributed by atoms with Gasteiger partial charge in [0.2, 0.25) is 10.0 Å². The zero-order valence-electron chi connectivity index (χ0n) is 12.7. The fourth-order valence-electron chi connectivity index (χ4n) is 2.56. The minimum Gasteiger partial charge on any atom is -0.377 e. The van der Waals surface area contributed by atoms with Gasteiger partial charge in [-0.05, 0) is 37.8 Å². The van der Waals surface area contributed by atoms with Gasteiger partial charge in [-0.3, -0.25) is 0 Å². The number of thiophene rings is 1. The molecule has 1 atom stereocenters. The molecule has 1 aliphatic rings. The van der Waals surface area contributed by atoms with E-state index in [1.54, 1.807) is 10.4 Å². The molecule has 1 fully saturated rings. The number of hydrogen-bond acceptors (Lipinski definition) is 5. The number of hydrogen-bond donors (Lipinski definition) is 1. The van der Waals surface area contributed by atoms with E-state index in [1.165, 1.54) is 11.3 Å². The van der Waals surface area contributed by atoms with Crippen molar-refractivity contribution < 1.29 is 13.2 Å². The number of nitrogens with one attached hydrogen (secondary N) is 1. The third-order valence-corrected chi connectivity index (χ3v) is 6.60. The molecule has 2 rings (SSSR count). The van der Waals surface area contributed by atoms with Crippen LogP contribution in [0, 0.1) is 0 Å². The molecule has 7 heteroatoms. The molecule has 1 N–H and O–H groups in total. The van der Waals surface area contributed by atoms with Gasteiger partial charge in [0.1, 0.15) is 0 Å². The highest BCUT2D eigenvalue weighted by Gasteiger charge is 2.32. The van der Waals surface area contributed by atoms with Crippen LogP contribution in [0.25, 0.3) is 0 Å². The fourth-order valence-corrected chi connectivity index (χ4v) is 5.45. The molecule has 1 aromatic heterocycles. The summed E-state index contributed by atoms with van der Waals surface area (Å²) in [5, 5.41) is 5.05. The molecule has 1 aromatic rings. The van der Waals surface area contributed by atoms with Crippen LogP contribution < -0.4 is 5.32 Å². The topological polar surface area (TPSA) is 58.6 Å². The summed E-state index contributed by atoms with van der Waals surface area (Å²) in [6, 6.07) is 1.72. The van der Waals surface area contributed by atoms with Crippen LogP contribution in [0.4, 0.5) is 0 Å². The summed E-state index contributed by atoms with van der Waals surface area (Å²) in [5.74, 6) is 0. The lowest BCUT2D eigenvalue weighted by Gasteiger charge is -2.31. The molecular formula is C14H24N2O3S2. The van der Waals surface area contributed by atoms with Crippen molar-refractivity contribution in [1.82, 2.24) is 9.62 Å². The van der Waals surface area contributed by atoms with Gasteiger partial charge in [0.05, 0.1) is 11.0 Å². The Bertz CT molecular complexity index is 540. The minimum absolute atomic E-state index is 0.0226. The molecular weight excluding hydrogens is 308 g/mol. The normalized spacial score (nSPS) is 20.8. The summed E-state index contributed by atoms with van der Waals surface area (Å²) in [5.41, 5.74) is 0. The van der Waals surface area contributed by atoms with E-state index in [1.807, 2.05) is 19.2 Å². The molecule has 2 heterocycles. The highest BCUT2D eigenvalue weighted by molar-refractivity contribution is 7.89. The van der Waals surface area contributed by atoms with Crippen LogP contribution in [0.3, 0.4) is 0 Å². The van der Waals surface area contributed by atoms with Gasteiger partial charge in [0, 0.05) is 31.1 Å². The van der Waals surface area contributed by atoms with Crippen LogP contribution in [0.5, 0.6) is 0 Å². The Morgan fingerprint density at radius 3 is 3.00 bits per heavy atom. The number of nitrogens with zero attached hydrogens (tertiary/aromatic N) is 1. The molecule has 0 aromatic carbocycles. The van der Waals surface area contributed by atoms with E-state index < -0.39 is 10.0 Å². The van der Waals surface area contributed by atoms with Crippen molar-refractivity contribution in [1.29, 1.82) is 0 Å².